The van der Waals surface area contributed by atoms with Crippen LogP contribution in [0, 0.1) is 6.92 Å². The van der Waals surface area contributed by atoms with Gasteiger partial charge in [0.05, 0.1) is 17.6 Å². The van der Waals surface area contributed by atoms with Crippen LogP contribution in [0.3, 0.4) is 0 Å². The van der Waals surface area contributed by atoms with Gasteiger partial charge in [0.15, 0.2) is 0 Å². The zero-order valence-corrected chi connectivity index (χ0v) is 9.10. The predicted octanol–water partition coefficient (Wildman–Crippen LogP) is 1.52. The zero-order valence-electron chi connectivity index (χ0n) is 9.10. The second-order valence-electron chi connectivity index (χ2n) is 3.52. The molecule has 1 aromatic carbocycles. The van der Waals surface area contributed by atoms with Crippen LogP contribution >= 0.6 is 0 Å². The number of amides is 1. The molecule has 6 heteroatoms. The zero-order chi connectivity index (χ0) is 12.4. The van der Waals surface area contributed by atoms with Gasteiger partial charge in [-0.15, -0.1) is 0 Å². The number of anilines is 2. The fraction of sp³-hybridized carbons (Fsp3) is 0.0909. The van der Waals surface area contributed by atoms with E-state index in [0.717, 1.165) is 0 Å². The Morgan fingerprint density at radius 1 is 1.53 bits per heavy atom. The molecule has 0 unspecified atom stereocenters. The Bertz CT molecular complexity index is 563. The first-order valence-corrected chi connectivity index (χ1v) is 4.89. The maximum atomic E-state index is 11.8. The van der Waals surface area contributed by atoms with Crippen LogP contribution in [0.2, 0.25) is 0 Å². The van der Waals surface area contributed by atoms with Crippen molar-refractivity contribution in [3.63, 3.8) is 0 Å². The molecular formula is C11H11N3O3. The van der Waals surface area contributed by atoms with Gasteiger partial charge in [-0.05, 0) is 19.1 Å². The summed E-state index contributed by atoms with van der Waals surface area (Å²) < 4.78 is 4.79. The summed E-state index contributed by atoms with van der Waals surface area (Å²) in [4.78, 5) is 11.8. The highest BCUT2D eigenvalue weighted by Gasteiger charge is 2.14. The summed E-state index contributed by atoms with van der Waals surface area (Å²) in [5.41, 5.74) is 6.70. The highest BCUT2D eigenvalue weighted by Crippen LogP contribution is 2.24. The Labute approximate surface area is 97.0 Å². The molecule has 0 aliphatic rings. The van der Waals surface area contributed by atoms with E-state index < -0.39 is 0 Å². The first-order valence-electron chi connectivity index (χ1n) is 4.89. The lowest BCUT2D eigenvalue weighted by atomic mass is 10.2. The molecule has 2 rings (SSSR count). The van der Waals surface area contributed by atoms with Crippen LogP contribution in [0.1, 0.15) is 16.1 Å². The average Bonchev–Trinajstić information content (AvgIpc) is 2.68. The molecule has 0 saturated carbocycles. The van der Waals surface area contributed by atoms with Gasteiger partial charge in [-0.25, -0.2) is 0 Å². The summed E-state index contributed by atoms with van der Waals surface area (Å²) >= 11 is 0. The van der Waals surface area contributed by atoms with Gasteiger partial charge in [0.25, 0.3) is 5.91 Å². The molecule has 4 N–H and O–H groups in total. The van der Waals surface area contributed by atoms with Crippen molar-refractivity contribution in [3.05, 3.63) is 35.7 Å². The van der Waals surface area contributed by atoms with Crippen molar-refractivity contribution < 1.29 is 14.4 Å². The van der Waals surface area contributed by atoms with Crippen molar-refractivity contribution in [2.24, 2.45) is 0 Å². The SMILES string of the molecule is Cc1oncc1C(=O)Nc1ccc(O)cc1N. The molecule has 1 heterocycles. The number of hydrogen-bond donors (Lipinski definition) is 3. The number of nitrogens with two attached hydrogens (primary N) is 1. The number of nitrogen functional groups attached to an aromatic ring is 1. The second kappa shape index (κ2) is 4.17. The third kappa shape index (κ3) is 2.20. The molecular weight excluding hydrogens is 222 g/mol. The van der Waals surface area contributed by atoms with Gasteiger partial charge in [0.2, 0.25) is 0 Å². The standard InChI is InChI=1S/C11H11N3O3/c1-6-8(5-13-17-6)11(16)14-10-3-2-7(15)4-9(10)12/h2-5,15H,12H2,1H3,(H,14,16). The van der Waals surface area contributed by atoms with Crippen LogP contribution in [-0.4, -0.2) is 16.2 Å². The molecule has 0 fully saturated rings. The highest BCUT2D eigenvalue weighted by molar-refractivity contribution is 6.06. The number of aromatic nitrogens is 1. The lowest BCUT2D eigenvalue weighted by Crippen LogP contribution is -2.13. The summed E-state index contributed by atoms with van der Waals surface area (Å²) in [6.07, 6.45) is 1.33. The van der Waals surface area contributed by atoms with Crippen LogP contribution in [-0.2, 0) is 0 Å². The monoisotopic (exact) mass is 233 g/mol. The molecule has 0 saturated heterocycles. The van der Waals surface area contributed by atoms with E-state index in [4.69, 9.17) is 10.3 Å². The van der Waals surface area contributed by atoms with E-state index in [-0.39, 0.29) is 17.3 Å². The first kappa shape index (κ1) is 11.0. The minimum absolute atomic E-state index is 0.0432. The second-order valence-corrected chi connectivity index (χ2v) is 3.52. The number of carbonyl (C=O) groups is 1. The van der Waals surface area contributed by atoms with Gasteiger partial charge in [-0.3, -0.25) is 4.79 Å². The summed E-state index contributed by atoms with van der Waals surface area (Å²) in [7, 11) is 0. The summed E-state index contributed by atoms with van der Waals surface area (Å²) in [5.74, 6) is 0.114. The smallest absolute Gasteiger partial charge is 0.260 e. The number of nitrogens with zero attached hydrogens (tertiary/aromatic N) is 1. The van der Waals surface area contributed by atoms with Crippen LogP contribution < -0.4 is 11.1 Å². The largest absolute Gasteiger partial charge is 0.508 e. The topological polar surface area (TPSA) is 101 Å². The van der Waals surface area contributed by atoms with Crippen molar-refractivity contribution in [2.75, 3.05) is 11.1 Å². The van der Waals surface area contributed by atoms with E-state index in [0.29, 0.717) is 17.0 Å². The molecule has 0 spiro atoms. The summed E-state index contributed by atoms with van der Waals surface area (Å²) in [5, 5.41) is 15.3. The lowest BCUT2D eigenvalue weighted by molar-refractivity contribution is 0.102. The maximum absolute atomic E-state index is 11.8. The van der Waals surface area contributed by atoms with Crippen molar-refractivity contribution in [2.45, 2.75) is 6.92 Å². The van der Waals surface area contributed by atoms with Crippen molar-refractivity contribution in [1.29, 1.82) is 0 Å². The number of aryl methyl sites for hydroxylation is 1. The quantitative estimate of drug-likeness (QED) is 0.539. The average molecular weight is 233 g/mol. The number of nitrogens with one attached hydrogen (secondary N) is 1. The molecule has 0 radical (unpaired) electrons. The van der Waals surface area contributed by atoms with Gasteiger partial charge in [0.1, 0.15) is 17.1 Å². The Kier molecular flexibility index (Phi) is 2.70. The molecule has 17 heavy (non-hydrogen) atoms. The molecule has 0 atom stereocenters. The number of hydrogen-bond acceptors (Lipinski definition) is 5. The predicted molar refractivity (Wildman–Crippen MR) is 61.7 cm³/mol. The van der Waals surface area contributed by atoms with Crippen molar-refractivity contribution in [1.82, 2.24) is 5.16 Å². The lowest BCUT2D eigenvalue weighted by Gasteiger charge is -2.07. The fourth-order valence-corrected chi connectivity index (χ4v) is 1.37. The van der Waals surface area contributed by atoms with Gasteiger partial charge in [-0.2, -0.15) is 0 Å². The Morgan fingerprint density at radius 2 is 2.29 bits per heavy atom. The number of phenols is 1. The van der Waals surface area contributed by atoms with Crippen LogP contribution in [0.15, 0.2) is 28.9 Å². The molecule has 0 bridgehead atoms. The van der Waals surface area contributed by atoms with E-state index in [1.165, 1.54) is 24.4 Å². The Balaban J connectivity index is 2.22. The number of carbonyl (C=O) groups excluding carboxylic acids is 1. The number of rotatable bonds is 2. The molecule has 1 aromatic heterocycles. The normalized spacial score (nSPS) is 10.2. The molecule has 2 aromatic rings. The Hall–Kier alpha value is -2.50. The van der Waals surface area contributed by atoms with Crippen LogP contribution in [0.25, 0.3) is 0 Å². The van der Waals surface area contributed by atoms with Crippen molar-refractivity contribution >= 4 is 17.3 Å². The minimum atomic E-state index is -0.360. The van der Waals surface area contributed by atoms with E-state index in [9.17, 15) is 9.90 Å². The van der Waals surface area contributed by atoms with E-state index in [1.807, 2.05) is 0 Å². The van der Waals surface area contributed by atoms with Gasteiger partial charge < -0.3 is 20.7 Å². The number of phenolic OH excluding ortho intramolecular Hbond substituents is 1. The first-order chi connectivity index (χ1) is 8.08. The maximum Gasteiger partial charge on any atom is 0.260 e. The molecule has 1 amide bonds. The van der Waals surface area contributed by atoms with E-state index in [2.05, 4.69) is 10.5 Å². The van der Waals surface area contributed by atoms with Crippen LogP contribution in [0.4, 0.5) is 11.4 Å². The molecule has 88 valence electrons. The fourth-order valence-electron chi connectivity index (χ4n) is 1.37. The molecule has 0 aliphatic carbocycles. The number of aromatic hydroxyl groups is 1. The van der Waals surface area contributed by atoms with E-state index >= 15 is 0 Å². The van der Waals surface area contributed by atoms with Crippen molar-refractivity contribution in [3.8, 4) is 5.75 Å². The van der Waals surface area contributed by atoms with Gasteiger partial charge >= 0.3 is 0 Å². The Morgan fingerprint density at radius 3 is 2.88 bits per heavy atom. The highest BCUT2D eigenvalue weighted by atomic mass is 16.5. The van der Waals surface area contributed by atoms with E-state index in [1.54, 1.807) is 6.92 Å². The molecule has 6 nitrogen and oxygen atoms in total. The van der Waals surface area contributed by atoms with Gasteiger partial charge in [0, 0.05) is 6.07 Å². The van der Waals surface area contributed by atoms with Crippen LogP contribution in [0.5, 0.6) is 5.75 Å². The third-order valence-corrected chi connectivity index (χ3v) is 2.28. The summed E-state index contributed by atoms with van der Waals surface area (Å²) in [6, 6.07) is 4.31. The number of benzene rings is 1. The summed E-state index contributed by atoms with van der Waals surface area (Å²) in [6.45, 7) is 1.64. The third-order valence-electron chi connectivity index (χ3n) is 2.28. The molecule has 0 aliphatic heterocycles. The minimum Gasteiger partial charge on any atom is -0.508 e. The van der Waals surface area contributed by atoms with Gasteiger partial charge in [-0.1, -0.05) is 5.16 Å².